The second-order valence-electron chi connectivity index (χ2n) is 5.54. The first-order chi connectivity index (χ1) is 11.0. The Morgan fingerprint density at radius 2 is 1.87 bits per heavy atom. The lowest BCUT2D eigenvalue weighted by Gasteiger charge is -2.25. The number of hydrogen-bond donors (Lipinski definition) is 0. The average molecular weight is 316 g/mol. The molecule has 0 bridgehead atoms. The molecule has 0 unspecified atom stereocenters. The third-order valence-electron chi connectivity index (χ3n) is 3.09. The molecule has 1 aliphatic rings. The molecule has 2 amide bonds. The zero-order valence-electron chi connectivity index (χ0n) is 13.5. The molecular weight excluding hydrogens is 296 g/mol. The highest BCUT2D eigenvalue weighted by atomic mass is 16.8. The zero-order chi connectivity index (χ0) is 16.8. The molecule has 23 heavy (non-hydrogen) atoms. The lowest BCUT2D eigenvalue weighted by atomic mass is 10.0. The first-order valence-electron chi connectivity index (χ1n) is 7.38. The summed E-state index contributed by atoms with van der Waals surface area (Å²) in [5.41, 5.74) is 1.30. The molecule has 0 saturated heterocycles. The van der Waals surface area contributed by atoms with E-state index < -0.39 is 11.8 Å². The Labute approximate surface area is 135 Å². The van der Waals surface area contributed by atoms with E-state index in [1.165, 1.54) is 7.11 Å². The number of imide groups is 1. The quantitative estimate of drug-likeness (QED) is 0.459. The van der Waals surface area contributed by atoms with Gasteiger partial charge in [0, 0.05) is 7.11 Å². The molecule has 1 aliphatic heterocycles. The van der Waals surface area contributed by atoms with Crippen LogP contribution in [0.3, 0.4) is 0 Å². The number of methoxy groups -OCH3 is 1. The van der Waals surface area contributed by atoms with Crippen molar-refractivity contribution in [2.75, 3.05) is 13.9 Å². The summed E-state index contributed by atoms with van der Waals surface area (Å²) in [6, 6.07) is 9.32. The van der Waals surface area contributed by atoms with Crippen molar-refractivity contribution >= 4 is 23.6 Å². The molecule has 0 fully saturated rings. The van der Waals surface area contributed by atoms with Gasteiger partial charge in [-0.1, -0.05) is 44.2 Å². The van der Waals surface area contributed by atoms with Crippen LogP contribution in [0.2, 0.25) is 0 Å². The van der Waals surface area contributed by atoms with Crippen LogP contribution in [0.4, 0.5) is 0 Å². The molecule has 0 aliphatic carbocycles. The molecule has 122 valence electrons. The molecule has 1 aromatic rings. The fourth-order valence-corrected chi connectivity index (χ4v) is 2.10. The Morgan fingerprint density at radius 1 is 1.17 bits per heavy atom. The molecule has 0 aromatic heterocycles. The summed E-state index contributed by atoms with van der Waals surface area (Å²) in [7, 11) is 1.42. The Kier molecular flexibility index (Phi) is 5.78. The van der Waals surface area contributed by atoms with Crippen molar-refractivity contribution in [1.82, 2.24) is 5.06 Å². The van der Waals surface area contributed by atoms with Gasteiger partial charge in [-0.2, -0.15) is 0 Å². The first kappa shape index (κ1) is 17.1. The number of ether oxygens (including phenoxy) is 1. The van der Waals surface area contributed by atoms with Crippen molar-refractivity contribution in [3.05, 3.63) is 41.6 Å². The summed E-state index contributed by atoms with van der Waals surface area (Å²) in [5, 5.41) is 0.725. The number of hydroxylamine groups is 2. The Hall–Kier alpha value is -2.31. The van der Waals surface area contributed by atoms with Gasteiger partial charge in [-0.25, -0.2) is 9.83 Å². The second-order valence-corrected chi connectivity index (χ2v) is 5.54. The largest absolute Gasteiger partial charge is 0.356 e. The van der Waals surface area contributed by atoms with Crippen LogP contribution in [0.25, 0.3) is 6.08 Å². The normalized spacial score (nSPS) is 17.1. The van der Waals surface area contributed by atoms with Crippen LogP contribution in [0, 0.1) is 5.92 Å². The summed E-state index contributed by atoms with van der Waals surface area (Å²) in [6.07, 6.45) is 2.10. The standard InChI is InChI=1S/C17H20N2O4/c1-12(2)9-14-16(20)19(23-11-22-3)17(21)15(18-14)10-13-7-5-4-6-8-13/h4-8,10,12H,9,11H2,1-3H3/b15-10+. The first-order valence-corrected chi connectivity index (χ1v) is 7.38. The number of aliphatic imine (C=N–C) groups is 1. The van der Waals surface area contributed by atoms with E-state index >= 15 is 0 Å². The third-order valence-corrected chi connectivity index (χ3v) is 3.09. The van der Waals surface area contributed by atoms with Gasteiger partial charge >= 0.3 is 5.91 Å². The van der Waals surface area contributed by atoms with E-state index in [9.17, 15) is 9.59 Å². The van der Waals surface area contributed by atoms with Gasteiger partial charge in [-0.15, -0.1) is 5.06 Å². The van der Waals surface area contributed by atoms with Crippen molar-refractivity contribution in [2.45, 2.75) is 20.3 Å². The molecular formula is C17H20N2O4. The monoisotopic (exact) mass is 316 g/mol. The fourth-order valence-electron chi connectivity index (χ4n) is 2.10. The lowest BCUT2D eigenvalue weighted by Crippen LogP contribution is -2.45. The Bertz CT molecular complexity index is 635. The third kappa shape index (κ3) is 4.34. The molecule has 0 saturated carbocycles. The molecule has 1 heterocycles. The molecule has 0 N–H and O–H groups in total. The van der Waals surface area contributed by atoms with Gasteiger partial charge in [-0.3, -0.25) is 9.59 Å². The van der Waals surface area contributed by atoms with Gasteiger partial charge in [0.1, 0.15) is 11.4 Å². The van der Waals surface area contributed by atoms with Crippen LogP contribution in [0.1, 0.15) is 25.8 Å². The molecule has 1 aromatic carbocycles. The number of amides is 2. The highest BCUT2D eigenvalue weighted by Gasteiger charge is 2.34. The van der Waals surface area contributed by atoms with Gasteiger partial charge in [-0.05, 0) is 24.0 Å². The number of carbonyl (C=O) groups is 2. The smallest absolute Gasteiger partial charge is 0.303 e. The minimum Gasteiger partial charge on any atom is -0.356 e. The summed E-state index contributed by atoms with van der Waals surface area (Å²) in [6.45, 7) is 3.77. The van der Waals surface area contributed by atoms with Crippen LogP contribution < -0.4 is 0 Å². The van der Waals surface area contributed by atoms with Crippen LogP contribution >= 0.6 is 0 Å². The lowest BCUT2D eigenvalue weighted by molar-refractivity contribution is -0.213. The van der Waals surface area contributed by atoms with Crippen molar-refractivity contribution in [3.8, 4) is 0 Å². The van der Waals surface area contributed by atoms with E-state index in [0.29, 0.717) is 12.1 Å². The van der Waals surface area contributed by atoms with Crippen molar-refractivity contribution in [3.63, 3.8) is 0 Å². The average Bonchev–Trinajstić information content (AvgIpc) is 2.52. The zero-order valence-corrected chi connectivity index (χ0v) is 13.5. The molecule has 0 radical (unpaired) electrons. The second kappa shape index (κ2) is 7.80. The Morgan fingerprint density at radius 3 is 2.48 bits per heavy atom. The predicted molar refractivity (Wildman–Crippen MR) is 86.1 cm³/mol. The van der Waals surface area contributed by atoms with Crippen molar-refractivity contribution < 1.29 is 19.2 Å². The maximum absolute atomic E-state index is 12.4. The molecule has 6 nitrogen and oxygen atoms in total. The van der Waals surface area contributed by atoms with E-state index in [0.717, 1.165) is 10.6 Å². The summed E-state index contributed by atoms with van der Waals surface area (Å²) in [4.78, 5) is 34.1. The SMILES string of the molecule is COCON1C(=O)C(CC(C)C)=N/C(=C/c2ccccc2)C1=O. The van der Waals surface area contributed by atoms with Crippen LogP contribution in [-0.2, 0) is 19.2 Å². The van der Waals surface area contributed by atoms with E-state index in [2.05, 4.69) is 4.99 Å². The van der Waals surface area contributed by atoms with Crippen molar-refractivity contribution in [2.24, 2.45) is 10.9 Å². The van der Waals surface area contributed by atoms with E-state index in [1.807, 2.05) is 44.2 Å². The Balaban J connectivity index is 2.38. The van der Waals surface area contributed by atoms with Crippen molar-refractivity contribution in [1.29, 1.82) is 0 Å². The van der Waals surface area contributed by atoms with E-state index in [-0.39, 0.29) is 18.4 Å². The number of benzene rings is 1. The summed E-state index contributed by atoms with van der Waals surface area (Å²) >= 11 is 0. The van der Waals surface area contributed by atoms with Crippen LogP contribution in [0.5, 0.6) is 0 Å². The molecule has 0 atom stereocenters. The minimum absolute atomic E-state index is 0.169. The molecule has 6 heteroatoms. The number of hydrogen-bond acceptors (Lipinski definition) is 5. The topological polar surface area (TPSA) is 68.2 Å². The van der Waals surface area contributed by atoms with Gasteiger partial charge in [0.2, 0.25) is 0 Å². The molecule has 2 rings (SSSR count). The van der Waals surface area contributed by atoms with Gasteiger partial charge < -0.3 is 4.74 Å². The number of nitrogens with zero attached hydrogens (tertiary/aromatic N) is 2. The minimum atomic E-state index is -0.594. The predicted octanol–water partition coefficient (Wildman–Crippen LogP) is 2.42. The number of rotatable bonds is 6. The molecule has 0 spiro atoms. The highest BCUT2D eigenvalue weighted by molar-refractivity contribution is 6.44. The van der Waals surface area contributed by atoms with E-state index in [1.54, 1.807) is 6.08 Å². The summed E-state index contributed by atoms with van der Waals surface area (Å²) < 4.78 is 4.78. The van der Waals surface area contributed by atoms with Crippen LogP contribution in [0.15, 0.2) is 41.0 Å². The maximum atomic E-state index is 12.4. The van der Waals surface area contributed by atoms with Gasteiger partial charge in [0.05, 0.1) is 0 Å². The van der Waals surface area contributed by atoms with Gasteiger partial charge in [0.15, 0.2) is 6.79 Å². The van der Waals surface area contributed by atoms with Gasteiger partial charge in [0.25, 0.3) is 5.91 Å². The highest BCUT2D eigenvalue weighted by Crippen LogP contribution is 2.19. The maximum Gasteiger partial charge on any atom is 0.303 e. The fraction of sp³-hybridized carbons (Fsp3) is 0.353. The summed E-state index contributed by atoms with van der Waals surface area (Å²) in [5.74, 6) is -0.900. The van der Waals surface area contributed by atoms with Crippen LogP contribution in [-0.4, -0.2) is 36.5 Å². The number of carbonyl (C=O) groups excluding carboxylic acids is 2. The van der Waals surface area contributed by atoms with E-state index in [4.69, 9.17) is 9.57 Å².